The Morgan fingerprint density at radius 1 is 1.44 bits per heavy atom. The minimum atomic E-state index is 0.210. The minimum Gasteiger partial charge on any atom is -0.335 e. The highest BCUT2D eigenvalue weighted by atomic mass is 79.9. The summed E-state index contributed by atoms with van der Waals surface area (Å²) in [6.45, 7) is 3.94. The molecule has 1 amide bonds. The first kappa shape index (κ1) is 10.3. The topological polar surface area (TPSA) is 38.1 Å². The van der Waals surface area contributed by atoms with Crippen LogP contribution in [-0.4, -0.2) is 26.9 Å². The highest BCUT2D eigenvalue weighted by molar-refractivity contribution is 9.10. The summed E-state index contributed by atoms with van der Waals surface area (Å²) in [6, 6.07) is 0. The summed E-state index contributed by atoms with van der Waals surface area (Å²) in [4.78, 5) is 18.3. The van der Waals surface area contributed by atoms with Crippen molar-refractivity contribution in [2.24, 2.45) is 0 Å². The van der Waals surface area contributed by atoms with E-state index in [-0.39, 0.29) is 5.91 Å². The van der Waals surface area contributed by atoms with E-state index in [0.29, 0.717) is 19.0 Å². The third kappa shape index (κ3) is 1.49. The molecule has 5 heteroatoms. The number of rotatable bonds is 2. The molecule has 0 spiro atoms. The van der Waals surface area contributed by atoms with Crippen LogP contribution in [0.5, 0.6) is 0 Å². The highest BCUT2D eigenvalue weighted by Crippen LogP contribution is 2.41. The second kappa shape index (κ2) is 3.58. The van der Waals surface area contributed by atoms with Crippen LogP contribution >= 0.6 is 15.9 Å². The van der Waals surface area contributed by atoms with Gasteiger partial charge in [0, 0.05) is 12.5 Å². The monoisotopic (exact) mass is 283 g/mol. The Labute approximate surface area is 103 Å². The van der Waals surface area contributed by atoms with E-state index in [1.165, 1.54) is 12.8 Å². The molecule has 0 N–H and O–H groups in total. The summed E-state index contributed by atoms with van der Waals surface area (Å²) in [7, 11) is 0. The van der Waals surface area contributed by atoms with Gasteiger partial charge in [-0.25, -0.2) is 4.98 Å². The lowest BCUT2D eigenvalue weighted by Crippen LogP contribution is -2.39. The van der Waals surface area contributed by atoms with Crippen LogP contribution in [0.25, 0.3) is 0 Å². The molecule has 2 heterocycles. The number of carbonyl (C=O) groups excluding carboxylic acids is 1. The average molecular weight is 284 g/mol. The second-order valence-electron chi connectivity index (χ2n) is 4.48. The molecule has 0 aromatic carbocycles. The number of likely N-dealkylation sites (N-methyl/N-ethyl adjacent to an activating group) is 1. The van der Waals surface area contributed by atoms with Crippen LogP contribution in [0.4, 0.5) is 0 Å². The molecule has 86 valence electrons. The van der Waals surface area contributed by atoms with E-state index in [2.05, 4.69) is 25.5 Å². The molecule has 1 aromatic heterocycles. The molecule has 1 aliphatic heterocycles. The molecule has 0 saturated heterocycles. The molecular weight excluding hydrogens is 270 g/mol. The number of carbonyl (C=O) groups is 1. The van der Waals surface area contributed by atoms with Gasteiger partial charge in [-0.3, -0.25) is 4.79 Å². The van der Waals surface area contributed by atoms with Gasteiger partial charge < -0.3 is 9.47 Å². The Kier molecular flexibility index (Phi) is 2.31. The average Bonchev–Trinajstić information content (AvgIpc) is 3.05. The number of imidazole rings is 1. The van der Waals surface area contributed by atoms with Gasteiger partial charge in [-0.15, -0.1) is 0 Å². The van der Waals surface area contributed by atoms with E-state index < -0.39 is 0 Å². The van der Waals surface area contributed by atoms with Crippen molar-refractivity contribution in [2.75, 3.05) is 6.54 Å². The summed E-state index contributed by atoms with van der Waals surface area (Å²) >= 11 is 3.51. The number of hydrogen-bond acceptors (Lipinski definition) is 2. The summed E-state index contributed by atoms with van der Waals surface area (Å²) in [5.41, 5.74) is 1.16. The Balaban J connectivity index is 2.02. The van der Waals surface area contributed by atoms with Crippen LogP contribution < -0.4 is 0 Å². The van der Waals surface area contributed by atoms with Gasteiger partial charge in [0.05, 0.1) is 12.2 Å². The van der Waals surface area contributed by atoms with Crippen molar-refractivity contribution in [1.29, 1.82) is 0 Å². The van der Waals surface area contributed by atoms with E-state index in [0.717, 1.165) is 22.7 Å². The predicted octanol–water partition coefficient (Wildman–Crippen LogP) is 1.89. The maximum absolute atomic E-state index is 11.9. The third-order valence-electron chi connectivity index (χ3n) is 3.36. The van der Waals surface area contributed by atoms with E-state index in [9.17, 15) is 4.79 Å². The predicted molar refractivity (Wildman–Crippen MR) is 63.0 cm³/mol. The van der Waals surface area contributed by atoms with Crippen LogP contribution in [0, 0.1) is 0 Å². The summed E-state index contributed by atoms with van der Waals surface area (Å²) in [5, 5.41) is 0. The van der Waals surface area contributed by atoms with Gasteiger partial charge in [0.25, 0.3) is 0 Å². The lowest BCUT2D eigenvalue weighted by Gasteiger charge is -2.27. The number of halogens is 1. The standard InChI is InChI=1S/C11H14BrN3O/c1-2-14-5-8-10(12)13-11(7-3-4-7)15(8)6-9(14)16/h7H,2-6H2,1H3. The van der Waals surface area contributed by atoms with Gasteiger partial charge >= 0.3 is 0 Å². The molecule has 1 aromatic rings. The second-order valence-corrected chi connectivity index (χ2v) is 5.23. The molecule has 1 saturated carbocycles. The van der Waals surface area contributed by atoms with Gasteiger partial charge in [0.15, 0.2) is 0 Å². The molecular formula is C11H14BrN3O. The SMILES string of the molecule is CCN1Cc2c(Br)nc(C3CC3)n2CC1=O. The van der Waals surface area contributed by atoms with Crippen molar-refractivity contribution in [3.05, 3.63) is 16.1 Å². The smallest absolute Gasteiger partial charge is 0.242 e. The molecule has 0 radical (unpaired) electrons. The molecule has 0 unspecified atom stereocenters. The molecule has 1 fully saturated rings. The molecule has 1 aliphatic carbocycles. The van der Waals surface area contributed by atoms with Crippen molar-refractivity contribution in [1.82, 2.24) is 14.5 Å². The maximum atomic E-state index is 11.9. The van der Waals surface area contributed by atoms with Crippen molar-refractivity contribution >= 4 is 21.8 Å². The first-order valence-corrected chi connectivity index (χ1v) is 6.52. The third-order valence-corrected chi connectivity index (χ3v) is 4.00. The first-order valence-electron chi connectivity index (χ1n) is 5.73. The molecule has 16 heavy (non-hydrogen) atoms. The molecule has 0 atom stereocenters. The zero-order chi connectivity index (χ0) is 11.3. The van der Waals surface area contributed by atoms with Crippen molar-refractivity contribution < 1.29 is 4.79 Å². The van der Waals surface area contributed by atoms with Gasteiger partial charge in [-0.1, -0.05) is 0 Å². The number of hydrogen-bond donors (Lipinski definition) is 0. The lowest BCUT2D eigenvalue weighted by atomic mass is 10.3. The lowest BCUT2D eigenvalue weighted by molar-refractivity contribution is -0.133. The fraction of sp³-hybridized carbons (Fsp3) is 0.636. The molecule has 4 nitrogen and oxygen atoms in total. The van der Waals surface area contributed by atoms with Crippen LogP contribution in [0.2, 0.25) is 0 Å². The van der Waals surface area contributed by atoms with Gasteiger partial charge in [-0.05, 0) is 35.7 Å². The maximum Gasteiger partial charge on any atom is 0.242 e. The minimum absolute atomic E-state index is 0.210. The van der Waals surface area contributed by atoms with E-state index >= 15 is 0 Å². The normalized spacial score (nSPS) is 20.1. The van der Waals surface area contributed by atoms with Crippen LogP contribution in [-0.2, 0) is 17.9 Å². The Hall–Kier alpha value is -0.840. The molecule has 0 bridgehead atoms. The fourth-order valence-corrected chi connectivity index (χ4v) is 2.77. The molecule has 3 rings (SSSR count). The van der Waals surface area contributed by atoms with Crippen molar-refractivity contribution in [2.45, 2.75) is 38.8 Å². The van der Waals surface area contributed by atoms with Gasteiger partial charge in [0.2, 0.25) is 5.91 Å². The molecule has 2 aliphatic rings. The van der Waals surface area contributed by atoms with Gasteiger partial charge in [-0.2, -0.15) is 0 Å². The Morgan fingerprint density at radius 3 is 2.81 bits per heavy atom. The fourth-order valence-electron chi connectivity index (χ4n) is 2.25. The van der Waals surface area contributed by atoms with Gasteiger partial charge in [0.1, 0.15) is 17.0 Å². The Bertz CT molecular complexity index is 450. The zero-order valence-corrected chi connectivity index (χ0v) is 10.8. The highest BCUT2D eigenvalue weighted by Gasteiger charge is 2.34. The summed E-state index contributed by atoms with van der Waals surface area (Å²) in [5.74, 6) is 1.90. The van der Waals surface area contributed by atoms with Crippen LogP contribution in [0.3, 0.4) is 0 Å². The van der Waals surface area contributed by atoms with Crippen molar-refractivity contribution in [3.63, 3.8) is 0 Å². The van der Waals surface area contributed by atoms with Crippen LogP contribution in [0.1, 0.15) is 37.2 Å². The zero-order valence-electron chi connectivity index (χ0n) is 9.24. The number of nitrogens with zero attached hydrogens (tertiary/aromatic N) is 3. The number of fused-ring (bicyclic) bond motifs is 1. The van der Waals surface area contributed by atoms with Crippen molar-refractivity contribution in [3.8, 4) is 0 Å². The van der Waals surface area contributed by atoms with E-state index in [1.807, 2.05) is 11.8 Å². The Morgan fingerprint density at radius 2 is 2.19 bits per heavy atom. The van der Waals surface area contributed by atoms with E-state index in [4.69, 9.17) is 0 Å². The van der Waals surface area contributed by atoms with Crippen LogP contribution in [0.15, 0.2) is 4.60 Å². The number of amides is 1. The quantitative estimate of drug-likeness (QED) is 0.831. The van der Waals surface area contributed by atoms with E-state index in [1.54, 1.807) is 0 Å². The number of aromatic nitrogens is 2. The summed E-state index contributed by atoms with van der Waals surface area (Å²) < 4.78 is 3.02. The summed E-state index contributed by atoms with van der Waals surface area (Å²) in [6.07, 6.45) is 2.43. The largest absolute Gasteiger partial charge is 0.335 e. The first-order chi connectivity index (χ1) is 7.70.